The molecule has 0 radical (unpaired) electrons. The molecule has 0 aliphatic carbocycles. The van der Waals surface area contributed by atoms with Crippen molar-refractivity contribution in [3.8, 4) is 0 Å². The molecule has 0 saturated heterocycles. The molecule has 0 aromatic rings. The second-order valence-electron chi connectivity index (χ2n) is 10.0. The molecule has 0 spiro atoms. The molecule has 0 saturated carbocycles. The highest BCUT2D eigenvalue weighted by atomic mass is 16.7. The zero-order valence-electron chi connectivity index (χ0n) is 24.2. The molecule has 3 nitrogen and oxygen atoms in total. The summed E-state index contributed by atoms with van der Waals surface area (Å²) < 4.78 is 10.4. The Bertz CT molecular complexity index is 521. The van der Waals surface area contributed by atoms with Gasteiger partial charge >= 0.3 is 6.16 Å². The summed E-state index contributed by atoms with van der Waals surface area (Å²) in [6.45, 7) is 5.42. The molecule has 0 rings (SSSR count). The molecule has 210 valence electrons. The number of rotatable bonds is 27. The molecule has 0 heterocycles. The first-order chi connectivity index (χ1) is 17.8. The van der Waals surface area contributed by atoms with Crippen molar-refractivity contribution in [2.24, 2.45) is 0 Å². The van der Waals surface area contributed by atoms with E-state index in [2.05, 4.69) is 50.3 Å². The number of carbonyl (C=O) groups is 1. The van der Waals surface area contributed by atoms with Crippen LogP contribution in [0.1, 0.15) is 155 Å². The summed E-state index contributed by atoms with van der Waals surface area (Å²) in [4.78, 5) is 11.6. The van der Waals surface area contributed by atoms with Crippen LogP contribution in [0.3, 0.4) is 0 Å². The van der Waals surface area contributed by atoms with E-state index in [9.17, 15) is 4.79 Å². The van der Waals surface area contributed by atoms with E-state index in [1.807, 2.05) is 0 Å². The van der Waals surface area contributed by atoms with E-state index in [0.717, 1.165) is 44.9 Å². The average Bonchev–Trinajstić information content (AvgIpc) is 2.88. The standard InChI is InChI=1S/C33H60O3/c1-3-5-7-9-11-13-15-17-18-19-20-22-24-26-28-30-32-36-33(34)35-31-29-27-25-23-21-16-14-12-10-8-6-4-2/h5,7,11,13,17-18H,3-4,6,8-10,12,14-16,19-32H2,1-2H3. The van der Waals surface area contributed by atoms with Crippen molar-refractivity contribution in [2.45, 2.75) is 155 Å². The minimum atomic E-state index is -0.489. The van der Waals surface area contributed by atoms with E-state index in [1.165, 1.54) is 96.3 Å². The maximum absolute atomic E-state index is 11.6. The van der Waals surface area contributed by atoms with E-state index in [0.29, 0.717) is 13.2 Å². The lowest BCUT2D eigenvalue weighted by atomic mass is 10.1. The predicted molar refractivity (Wildman–Crippen MR) is 158 cm³/mol. The summed E-state index contributed by atoms with van der Waals surface area (Å²) in [7, 11) is 0. The summed E-state index contributed by atoms with van der Waals surface area (Å²) in [5.74, 6) is 0. The Labute approximate surface area is 225 Å². The minimum Gasteiger partial charge on any atom is -0.434 e. The molecule has 0 amide bonds. The monoisotopic (exact) mass is 504 g/mol. The smallest absolute Gasteiger partial charge is 0.434 e. The van der Waals surface area contributed by atoms with Gasteiger partial charge in [0.15, 0.2) is 0 Å². The Hall–Kier alpha value is -1.51. The van der Waals surface area contributed by atoms with Crippen molar-refractivity contribution < 1.29 is 14.3 Å². The van der Waals surface area contributed by atoms with Gasteiger partial charge in [0.25, 0.3) is 0 Å². The second kappa shape index (κ2) is 31.5. The van der Waals surface area contributed by atoms with Gasteiger partial charge in [0.2, 0.25) is 0 Å². The number of allylic oxidation sites excluding steroid dienone is 6. The molecule has 36 heavy (non-hydrogen) atoms. The molecule has 0 atom stereocenters. The van der Waals surface area contributed by atoms with Gasteiger partial charge in [0.05, 0.1) is 13.2 Å². The normalized spacial score (nSPS) is 11.8. The predicted octanol–water partition coefficient (Wildman–Crippen LogP) is 11.4. The molecular formula is C33H60O3. The highest BCUT2D eigenvalue weighted by molar-refractivity contribution is 5.59. The fourth-order valence-corrected chi connectivity index (χ4v) is 4.19. The first kappa shape index (κ1) is 34.5. The van der Waals surface area contributed by atoms with Gasteiger partial charge in [-0.15, -0.1) is 0 Å². The van der Waals surface area contributed by atoms with Gasteiger partial charge in [-0.2, -0.15) is 0 Å². The molecule has 0 aliphatic heterocycles. The minimum absolute atomic E-state index is 0.488. The number of hydrogen-bond acceptors (Lipinski definition) is 3. The Morgan fingerprint density at radius 2 is 0.861 bits per heavy atom. The van der Waals surface area contributed by atoms with Crippen LogP contribution in [0.15, 0.2) is 36.5 Å². The highest BCUT2D eigenvalue weighted by Gasteiger charge is 2.03. The van der Waals surface area contributed by atoms with Crippen LogP contribution < -0.4 is 0 Å². The zero-order valence-corrected chi connectivity index (χ0v) is 24.2. The van der Waals surface area contributed by atoms with Crippen LogP contribution >= 0.6 is 0 Å². The zero-order chi connectivity index (χ0) is 26.2. The molecule has 0 aromatic heterocycles. The Morgan fingerprint density at radius 1 is 0.472 bits per heavy atom. The number of unbranched alkanes of at least 4 members (excludes halogenated alkanes) is 17. The van der Waals surface area contributed by atoms with Crippen LogP contribution in [0.5, 0.6) is 0 Å². The lowest BCUT2D eigenvalue weighted by molar-refractivity contribution is 0.0529. The molecular weight excluding hydrogens is 444 g/mol. The Balaban J connectivity index is 3.24. The van der Waals surface area contributed by atoms with Gasteiger partial charge in [-0.1, -0.05) is 147 Å². The van der Waals surface area contributed by atoms with E-state index < -0.39 is 6.16 Å². The number of ether oxygens (including phenoxy) is 2. The van der Waals surface area contributed by atoms with Gasteiger partial charge in [0.1, 0.15) is 0 Å². The van der Waals surface area contributed by atoms with E-state index in [-0.39, 0.29) is 0 Å². The van der Waals surface area contributed by atoms with Crippen molar-refractivity contribution in [3.63, 3.8) is 0 Å². The largest absolute Gasteiger partial charge is 0.508 e. The second-order valence-corrected chi connectivity index (χ2v) is 10.0. The first-order valence-electron chi connectivity index (χ1n) is 15.6. The topological polar surface area (TPSA) is 35.5 Å². The third-order valence-corrected chi connectivity index (χ3v) is 6.48. The first-order valence-corrected chi connectivity index (χ1v) is 15.6. The average molecular weight is 505 g/mol. The van der Waals surface area contributed by atoms with Crippen LogP contribution in [0.25, 0.3) is 0 Å². The van der Waals surface area contributed by atoms with Gasteiger partial charge in [-0.3, -0.25) is 0 Å². The SMILES string of the molecule is CCC=CCC=CCC=CCCCCCCCCOC(=O)OCCCCCCCCCCCCCC. The summed E-state index contributed by atoms with van der Waals surface area (Å²) in [6, 6.07) is 0. The quantitative estimate of drug-likeness (QED) is 0.0633. The van der Waals surface area contributed by atoms with Crippen LogP contribution in [0.4, 0.5) is 4.79 Å². The van der Waals surface area contributed by atoms with Crippen LogP contribution in [0, 0.1) is 0 Å². The third-order valence-electron chi connectivity index (χ3n) is 6.48. The van der Waals surface area contributed by atoms with Crippen molar-refractivity contribution in [1.29, 1.82) is 0 Å². The van der Waals surface area contributed by atoms with E-state index in [4.69, 9.17) is 9.47 Å². The fourth-order valence-electron chi connectivity index (χ4n) is 4.19. The molecule has 0 aromatic carbocycles. The molecule has 0 aliphatic rings. The van der Waals surface area contributed by atoms with E-state index in [1.54, 1.807) is 0 Å². The Kier molecular flexibility index (Phi) is 30.2. The van der Waals surface area contributed by atoms with Crippen molar-refractivity contribution in [3.05, 3.63) is 36.5 Å². The Morgan fingerprint density at radius 3 is 1.33 bits per heavy atom. The van der Waals surface area contributed by atoms with E-state index >= 15 is 0 Å². The van der Waals surface area contributed by atoms with Crippen molar-refractivity contribution in [2.75, 3.05) is 13.2 Å². The molecule has 3 heteroatoms. The maximum Gasteiger partial charge on any atom is 0.508 e. The van der Waals surface area contributed by atoms with Crippen LogP contribution in [0.2, 0.25) is 0 Å². The highest BCUT2D eigenvalue weighted by Crippen LogP contribution is 2.12. The third kappa shape index (κ3) is 30.5. The van der Waals surface area contributed by atoms with Crippen LogP contribution in [-0.2, 0) is 9.47 Å². The fraction of sp³-hybridized carbons (Fsp3) is 0.788. The summed E-state index contributed by atoms with van der Waals surface area (Å²) in [5, 5.41) is 0. The van der Waals surface area contributed by atoms with Crippen molar-refractivity contribution in [1.82, 2.24) is 0 Å². The number of carbonyl (C=O) groups excluding carboxylic acids is 1. The lowest BCUT2D eigenvalue weighted by Gasteiger charge is -2.06. The van der Waals surface area contributed by atoms with Gasteiger partial charge in [-0.25, -0.2) is 4.79 Å². The van der Waals surface area contributed by atoms with Gasteiger partial charge in [0, 0.05) is 0 Å². The molecule has 0 unspecified atom stereocenters. The molecule has 0 bridgehead atoms. The van der Waals surface area contributed by atoms with Crippen molar-refractivity contribution >= 4 is 6.16 Å². The molecule has 0 N–H and O–H groups in total. The molecule has 0 fully saturated rings. The van der Waals surface area contributed by atoms with Gasteiger partial charge < -0.3 is 9.47 Å². The number of hydrogen-bond donors (Lipinski definition) is 0. The summed E-state index contributed by atoms with van der Waals surface area (Å²) >= 11 is 0. The van der Waals surface area contributed by atoms with Gasteiger partial charge in [-0.05, 0) is 44.9 Å². The maximum atomic E-state index is 11.6. The summed E-state index contributed by atoms with van der Waals surface area (Å²) in [6.07, 6.45) is 40.2. The van der Waals surface area contributed by atoms with Crippen LogP contribution in [-0.4, -0.2) is 19.4 Å². The lowest BCUT2D eigenvalue weighted by Crippen LogP contribution is -2.09. The summed E-state index contributed by atoms with van der Waals surface area (Å²) in [5.41, 5.74) is 0.